The average molecular weight is 176 g/mol. The second-order valence-corrected chi connectivity index (χ2v) is 3.01. The summed E-state index contributed by atoms with van der Waals surface area (Å²) >= 11 is 0. The summed E-state index contributed by atoms with van der Waals surface area (Å²) in [6.45, 7) is 2.27. The predicted octanol–water partition coefficient (Wildman–Crippen LogP) is -0.119. The van der Waals surface area contributed by atoms with Crippen molar-refractivity contribution in [1.29, 1.82) is 0 Å². The molecule has 2 N–H and O–H groups in total. The molecule has 0 spiro atoms. The van der Waals surface area contributed by atoms with Crippen molar-refractivity contribution in [3.8, 4) is 0 Å². The molecule has 4 nitrogen and oxygen atoms in total. The van der Waals surface area contributed by atoms with Crippen LogP contribution in [-0.2, 0) is 9.47 Å². The van der Waals surface area contributed by atoms with Crippen molar-refractivity contribution in [2.45, 2.75) is 38.3 Å². The molecule has 3 atom stereocenters. The Morgan fingerprint density at radius 1 is 1.50 bits per heavy atom. The summed E-state index contributed by atoms with van der Waals surface area (Å²) in [5.74, 6) is 0. The van der Waals surface area contributed by atoms with Crippen LogP contribution in [0.1, 0.15) is 19.8 Å². The molecule has 0 aromatic carbocycles. The first-order valence-corrected chi connectivity index (χ1v) is 4.30. The molecule has 0 bridgehead atoms. The largest absolute Gasteiger partial charge is 0.396 e. The summed E-state index contributed by atoms with van der Waals surface area (Å²) < 4.78 is 10.4. The van der Waals surface area contributed by atoms with E-state index in [9.17, 15) is 5.11 Å². The lowest BCUT2D eigenvalue weighted by molar-refractivity contribution is -0.245. The van der Waals surface area contributed by atoms with Gasteiger partial charge >= 0.3 is 0 Å². The van der Waals surface area contributed by atoms with E-state index in [1.54, 1.807) is 6.92 Å². The molecular weight excluding hydrogens is 160 g/mol. The maximum absolute atomic E-state index is 9.38. The lowest BCUT2D eigenvalue weighted by Gasteiger charge is -2.32. The summed E-state index contributed by atoms with van der Waals surface area (Å²) in [6, 6.07) is 0. The maximum Gasteiger partial charge on any atom is 0.155 e. The number of rotatable bonds is 3. The van der Waals surface area contributed by atoms with Crippen molar-refractivity contribution in [2.75, 3.05) is 13.2 Å². The van der Waals surface area contributed by atoms with Gasteiger partial charge in [0.1, 0.15) is 6.10 Å². The first-order chi connectivity index (χ1) is 5.74. The second-order valence-electron chi connectivity index (χ2n) is 3.01. The van der Waals surface area contributed by atoms with Crippen LogP contribution in [0.25, 0.3) is 0 Å². The maximum atomic E-state index is 9.38. The minimum Gasteiger partial charge on any atom is -0.396 e. The van der Waals surface area contributed by atoms with Crippen LogP contribution in [0.2, 0.25) is 0 Å². The molecule has 0 saturated carbocycles. The Morgan fingerprint density at radius 2 is 2.25 bits per heavy atom. The number of hydrogen-bond donors (Lipinski definition) is 2. The minimum atomic E-state index is -0.548. The molecule has 12 heavy (non-hydrogen) atoms. The molecule has 0 amide bonds. The van der Waals surface area contributed by atoms with Gasteiger partial charge in [-0.15, -0.1) is 0 Å². The highest BCUT2D eigenvalue weighted by Crippen LogP contribution is 2.16. The van der Waals surface area contributed by atoms with E-state index in [1.165, 1.54) is 0 Å². The minimum absolute atomic E-state index is 0.141. The molecule has 72 valence electrons. The van der Waals surface area contributed by atoms with Crippen molar-refractivity contribution in [3.63, 3.8) is 0 Å². The van der Waals surface area contributed by atoms with Crippen molar-refractivity contribution in [1.82, 2.24) is 0 Å². The Labute approximate surface area is 72.1 Å². The van der Waals surface area contributed by atoms with E-state index in [1.807, 2.05) is 0 Å². The molecular formula is C8H16O4. The molecule has 0 unspecified atom stereocenters. The zero-order valence-electron chi connectivity index (χ0n) is 7.27. The van der Waals surface area contributed by atoms with Crippen molar-refractivity contribution < 1.29 is 19.7 Å². The molecule has 0 aliphatic carbocycles. The fourth-order valence-electron chi connectivity index (χ4n) is 1.27. The summed E-state index contributed by atoms with van der Waals surface area (Å²) in [7, 11) is 0. The van der Waals surface area contributed by atoms with E-state index in [0.717, 1.165) is 0 Å². The van der Waals surface area contributed by atoms with Gasteiger partial charge in [0.2, 0.25) is 0 Å². The zero-order valence-corrected chi connectivity index (χ0v) is 7.27. The molecule has 0 radical (unpaired) electrons. The van der Waals surface area contributed by atoms with Crippen LogP contribution < -0.4 is 0 Å². The van der Waals surface area contributed by atoms with Gasteiger partial charge in [0.25, 0.3) is 0 Å². The van der Waals surface area contributed by atoms with Crippen LogP contribution in [0, 0.1) is 0 Å². The summed E-state index contributed by atoms with van der Waals surface area (Å²) in [6.07, 6.45) is 0.380. The van der Waals surface area contributed by atoms with Gasteiger partial charge in [-0.05, 0) is 19.8 Å². The van der Waals surface area contributed by atoms with Crippen LogP contribution in [0.15, 0.2) is 0 Å². The smallest absolute Gasteiger partial charge is 0.155 e. The normalized spacial score (nSPS) is 36.8. The molecule has 1 rings (SSSR count). The fraction of sp³-hybridized carbons (Fsp3) is 1.00. The van der Waals surface area contributed by atoms with Crippen LogP contribution >= 0.6 is 0 Å². The third-order valence-electron chi connectivity index (χ3n) is 1.94. The van der Waals surface area contributed by atoms with E-state index in [2.05, 4.69) is 0 Å². The molecule has 1 aliphatic heterocycles. The molecule has 0 aromatic rings. The molecule has 4 heteroatoms. The predicted molar refractivity (Wildman–Crippen MR) is 42.6 cm³/mol. The van der Waals surface area contributed by atoms with E-state index >= 15 is 0 Å². The van der Waals surface area contributed by atoms with Crippen LogP contribution in [0.5, 0.6) is 0 Å². The van der Waals surface area contributed by atoms with Gasteiger partial charge < -0.3 is 19.7 Å². The monoisotopic (exact) mass is 176 g/mol. The van der Waals surface area contributed by atoms with Gasteiger partial charge in [0.05, 0.1) is 12.7 Å². The summed E-state index contributed by atoms with van der Waals surface area (Å²) in [4.78, 5) is 0. The van der Waals surface area contributed by atoms with Crippen LogP contribution in [0.3, 0.4) is 0 Å². The highest BCUT2D eigenvalue weighted by molar-refractivity contribution is 4.72. The van der Waals surface area contributed by atoms with E-state index in [0.29, 0.717) is 19.4 Å². The van der Waals surface area contributed by atoms with Crippen molar-refractivity contribution in [2.24, 2.45) is 0 Å². The molecule has 1 saturated heterocycles. The second kappa shape index (κ2) is 4.77. The zero-order chi connectivity index (χ0) is 8.97. The Hall–Kier alpha value is -0.160. The quantitative estimate of drug-likeness (QED) is 0.629. The van der Waals surface area contributed by atoms with Gasteiger partial charge in [0.15, 0.2) is 6.29 Å². The first kappa shape index (κ1) is 9.92. The lowest BCUT2D eigenvalue weighted by atomic mass is 10.1. The van der Waals surface area contributed by atoms with E-state index in [-0.39, 0.29) is 19.0 Å². The van der Waals surface area contributed by atoms with Gasteiger partial charge in [-0.3, -0.25) is 0 Å². The number of aliphatic hydroxyl groups is 2. The van der Waals surface area contributed by atoms with Crippen molar-refractivity contribution >= 4 is 0 Å². The first-order valence-electron chi connectivity index (χ1n) is 4.30. The van der Waals surface area contributed by atoms with Crippen molar-refractivity contribution in [3.05, 3.63) is 0 Å². The van der Waals surface area contributed by atoms with Crippen LogP contribution in [-0.4, -0.2) is 41.9 Å². The van der Waals surface area contributed by atoms with E-state index < -0.39 is 6.10 Å². The molecule has 1 heterocycles. The third-order valence-corrected chi connectivity index (χ3v) is 1.94. The molecule has 1 fully saturated rings. The van der Waals surface area contributed by atoms with Crippen LogP contribution in [0.4, 0.5) is 0 Å². The average Bonchev–Trinajstić information content (AvgIpc) is 2.07. The van der Waals surface area contributed by atoms with Gasteiger partial charge in [-0.25, -0.2) is 0 Å². The molecule has 0 aromatic heterocycles. The highest BCUT2D eigenvalue weighted by Gasteiger charge is 2.27. The number of hydrogen-bond acceptors (Lipinski definition) is 4. The van der Waals surface area contributed by atoms with E-state index in [4.69, 9.17) is 14.6 Å². The number of aliphatic hydroxyl groups excluding tert-OH is 2. The highest BCUT2D eigenvalue weighted by atomic mass is 16.7. The SMILES string of the molecule is C[C@@H]1OC[C@@H](O)[C@H](CCCO)O1. The topological polar surface area (TPSA) is 58.9 Å². The lowest BCUT2D eigenvalue weighted by Crippen LogP contribution is -2.42. The van der Waals surface area contributed by atoms with Gasteiger partial charge in [0, 0.05) is 6.61 Å². The Kier molecular flexibility index (Phi) is 3.94. The Balaban J connectivity index is 2.28. The molecule has 1 aliphatic rings. The van der Waals surface area contributed by atoms with Gasteiger partial charge in [-0.1, -0.05) is 0 Å². The standard InChI is InChI=1S/C8H16O4/c1-6-11-5-7(10)8(12-6)3-2-4-9/h6-10H,2-5H2,1H3/t6-,7-,8+/m1/s1. The Morgan fingerprint density at radius 3 is 2.92 bits per heavy atom. The Bertz CT molecular complexity index is 128. The van der Waals surface area contributed by atoms with Gasteiger partial charge in [-0.2, -0.15) is 0 Å². The summed E-state index contributed by atoms with van der Waals surface area (Å²) in [5, 5.41) is 18.0. The third kappa shape index (κ3) is 2.71. The number of ether oxygens (including phenoxy) is 2. The fourth-order valence-corrected chi connectivity index (χ4v) is 1.27. The summed E-state index contributed by atoms with van der Waals surface area (Å²) in [5.41, 5.74) is 0.